The van der Waals surface area contributed by atoms with Crippen molar-refractivity contribution in [3.05, 3.63) is 63.1 Å². The van der Waals surface area contributed by atoms with Gasteiger partial charge in [0.05, 0.1) is 10.6 Å². The van der Waals surface area contributed by atoms with E-state index in [2.05, 4.69) is 20.7 Å². The maximum absolute atomic E-state index is 12.2. The van der Waals surface area contributed by atoms with Gasteiger partial charge in [0, 0.05) is 16.6 Å². The summed E-state index contributed by atoms with van der Waals surface area (Å²) in [6, 6.07) is 11.6. The topological polar surface area (TPSA) is 89.3 Å². The second-order valence-electron chi connectivity index (χ2n) is 3.84. The number of nitro groups is 1. The van der Waals surface area contributed by atoms with Crippen molar-refractivity contribution in [2.75, 3.05) is 4.72 Å². The summed E-state index contributed by atoms with van der Waals surface area (Å²) >= 11 is 3.16. The highest BCUT2D eigenvalue weighted by atomic mass is 79.9. The molecule has 0 spiro atoms. The molecule has 6 nitrogen and oxygen atoms in total. The first-order chi connectivity index (χ1) is 9.40. The average Bonchev–Trinajstić information content (AvgIpc) is 2.38. The average molecular weight is 357 g/mol. The molecule has 0 unspecified atom stereocenters. The molecule has 2 aromatic rings. The van der Waals surface area contributed by atoms with Crippen molar-refractivity contribution in [2.45, 2.75) is 4.90 Å². The number of hydrogen-bond acceptors (Lipinski definition) is 4. The lowest BCUT2D eigenvalue weighted by Gasteiger charge is -2.09. The van der Waals surface area contributed by atoms with Crippen LogP contribution < -0.4 is 4.72 Å². The van der Waals surface area contributed by atoms with E-state index < -0.39 is 14.9 Å². The molecular weight excluding hydrogens is 348 g/mol. The second-order valence-corrected chi connectivity index (χ2v) is 6.35. The van der Waals surface area contributed by atoms with Gasteiger partial charge in [-0.25, -0.2) is 8.42 Å². The Kier molecular flexibility index (Phi) is 4.05. The summed E-state index contributed by atoms with van der Waals surface area (Å²) < 4.78 is 27.1. The van der Waals surface area contributed by atoms with Gasteiger partial charge in [-0.3, -0.25) is 14.8 Å². The number of rotatable bonds is 4. The van der Waals surface area contributed by atoms with Crippen molar-refractivity contribution in [3.63, 3.8) is 0 Å². The number of non-ortho nitro benzene ring substituents is 1. The third-order valence-corrected chi connectivity index (χ3v) is 4.83. The van der Waals surface area contributed by atoms with E-state index in [1.165, 1.54) is 24.3 Å². The minimum Gasteiger partial charge on any atom is -0.279 e. The fourth-order valence-electron chi connectivity index (χ4n) is 1.56. The lowest BCUT2D eigenvalue weighted by atomic mass is 10.3. The number of nitrogens with one attached hydrogen (secondary N) is 1. The number of nitro benzene ring substituents is 1. The number of benzene rings is 2. The molecule has 104 valence electrons. The van der Waals surface area contributed by atoms with Crippen LogP contribution in [0.3, 0.4) is 0 Å². The molecule has 2 rings (SSSR count). The first-order valence-electron chi connectivity index (χ1n) is 5.42. The van der Waals surface area contributed by atoms with Gasteiger partial charge in [0.25, 0.3) is 15.7 Å². The van der Waals surface area contributed by atoms with Gasteiger partial charge in [-0.05, 0) is 34.1 Å². The molecule has 20 heavy (non-hydrogen) atoms. The Labute approximate surface area is 123 Å². The first kappa shape index (κ1) is 14.5. The number of sulfonamides is 1. The first-order valence-corrected chi connectivity index (χ1v) is 7.69. The molecule has 0 saturated carbocycles. The van der Waals surface area contributed by atoms with Gasteiger partial charge in [0.1, 0.15) is 4.90 Å². The second kappa shape index (κ2) is 5.59. The molecule has 0 atom stereocenters. The third kappa shape index (κ3) is 3.14. The van der Waals surface area contributed by atoms with Crippen LogP contribution in [0.4, 0.5) is 11.4 Å². The maximum Gasteiger partial charge on any atom is 0.271 e. The van der Waals surface area contributed by atoms with E-state index in [0.717, 1.165) is 6.07 Å². The largest absolute Gasteiger partial charge is 0.279 e. The molecule has 2 aromatic carbocycles. The van der Waals surface area contributed by atoms with Gasteiger partial charge >= 0.3 is 0 Å². The summed E-state index contributed by atoms with van der Waals surface area (Å²) in [6.45, 7) is 0. The molecule has 0 fully saturated rings. The summed E-state index contributed by atoms with van der Waals surface area (Å²) in [5.41, 5.74) is -0.0488. The molecule has 1 N–H and O–H groups in total. The van der Waals surface area contributed by atoms with Crippen LogP contribution >= 0.6 is 15.9 Å². The smallest absolute Gasteiger partial charge is 0.271 e. The third-order valence-electron chi connectivity index (χ3n) is 2.44. The minimum atomic E-state index is -3.81. The fourth-order valence-corrected chi connectivity index (χ4v) is 3.61. The predicted molar refractivity (Wildman–Crippen MR) is 78.0 cm³/mol. The monoisotopic (exact) mass is 356 g/mol. The van der Waals surface area contributed by atoms with Gasteiger partial charge in [-0.2, -0.15) is 0 Å². The Bertz CT molecular complexity index is 762. The van der Waals surface area contributed by atoms with Crippen LogP contribution in [0.1, 0.15) is 0 Å². The van der Waals surface area contributed by atoms with Crippen LogP contribution in [-0.2, 0) is 10.0 Å². The van der Waals surface area contributed by atoms with Gasteiger partial charge in [-0.15, -0.1) is 0 Å². The van der Waals surface area contributed by atoms with Crippen LogP contribution in [0.2, 0.25) is 0 Å². The number of halogens is 1. The Morgan fingerprint density at radius 3 is 2.45 bits per heavy atom. The van der Waals surface area contributed by atoms with Crippen molar-refractivity contribution in [1.82, 2.24) is 0 Å². The highest BCUT2D eigenvalue weighted by Gasteiger charge is 2.18. The van der Waals surface area contributed by atoms with Gasteiger partial charge in [0.15, 0.2) is 0 Å². The molecular formula is C12H9BrN2O4S. The minimum absolute atomic E-state index is 0.0616. The molecule has 0 heterocycles. The zero-order chi connectivity index (χ0) is 14.8. The van der Waals surface area contributed by atoms with Crippen LogP contribution in [0.5, 0.6) is 0 Å². The summed E-state index contributed by atoms with van der Waals surface area (Å²) in [7, 11) is -3.81. The van der Waals surface area contributed by atoms with Crippen molar-refractivity contribution < 1.29 is 13.3 Å². The van der Waals surface area contributed by atoms with Crippen molar-refractivity contribution >= 4 is 37.3 Å². The summed E-state index contributed by atoms with van der Waals surface area (Å²) in [4.78, 5) is 10.1. The Hall–Kier alpha value is -1.93. The van der Waals surface area contributed by atoms with Crippen molar-refractivity contribution in [1.29, 1.82) is 0 Å². The highest BCUT2D eigenvalue weighted by molar-refractivity contribution is 9.10. The summed E-state index contributed by atoms with van der Waals surface area (Å²) in [6.07, 6.45) is 0. The SMILES string of the molecule is O=[N+]([O-])c1cccc(NS(=O)(=O)c2ccccc2Br)c1. The zero-order valence-electron chi connectivity index (χ0n) is 9.99. The number of anilines is 1. The van der Waals surface area contributed by atoms with Crippen LogP contribution in [0.25, 0.3) is 0 Å². The van der Waals surface area contributed by atoms with Crippen LogP contribution in [0, 0.1) is 10.1 Å². The highest BCUT2D eigenvalue weighted by Crippen LogP contribution is 2.25. The lowest BCUT2D eigenvalue weighted by molar-refractivity contribution is -0.384. The molecule has 0 aliphatic rings. The molecule has 8 heteroatoms. The normalized spacial score (nSPS) is 11.1. The number of nitrogens with zero attached hydrogens (tertiary/aromatic N) is 1. The Morgan fingerprint density at radius 1 is 1.10 bits per heavy atom. The van der Waals surface area contributed by atoms with Crippen LogP contribution in [-0.4, -0.2) is 13.3 Å². The van der Waals surface area contributed by atoms with Crippen molar-refractivity contribution in [2.24, 2.45) is 0 Å². The molecule has 0 bridgehead atoms. The van der Waals surface area contributed by atoms with E-state index in [-0.39, 0.29) is 16.3 Å². The quantitative estimate of drug-likeness (QED) is 0.672. The van der Waals surface area contributed by atoms with E-state index in [1.54, 1.807) is 18.2 Å². The van der Waals surface area contributed by atoms with Gasteiger partial charge in [0.2, 0.25) is 0 Å². The van der Waals surface area contributed by atoms with E-state index in [1.807, 2.05) is 0 Å². The molecule has 0 aliphatic carbocycles. The Morgan fingerprint density at radius 2 is 1.80 bits per heavy atom. The molecule has 0 amide bonds. The lowest BCUT2D eigenvalue weighted by Crippen LogP contribution is -2.13. The maximum atomic E-state index is 12.2. The van der Waals surface area contributed by atoms with E-state index in [9.17, 15) is 18.5 Å². The molecule has 0 aliphatic heterocycles. The predicted octanol–water partition coefficient (Wildman–Crippen LogP) is 3.16. The van der Waals surface area contributed by atoms with Gasteiger partial charge < -0.3 is 0 Å². The Balaban J connectivity index is 2.36. The zero-order valence-corrected chi connectivity index (χ0v) is 12.4. The summed E-state index contributed by atoms with van der Waals surface area (Å²) in [5.74, 6) is 0. The van der Waals surface area contributed by atoms with Gasteiger partial charge in [-0.1, -0.05) is 18.2 Å². The number of hydrogen-bond donors (Lipinski definition) is 1. The van der Waals surface area contributed by atoms with E-state index in [0.29, 0.717) is 4.47 Å². The molecule has 0 radical (unpaired) electrons. The van der Waals surface area contributed by atoms with E-state index >= 15 is 0 Å². The van der Waals surface area contributed by atoms with E-state index in [4.69, 9.17) is 0 Å². The van der Waals surface area contributed by atoms with Crippen molar-refractivity contribution in [3.8, 4) is 0 Å². The molecule has 0 aromatic heterocycles. The molecule has 0 saturated heterocycles. The fraction of sp³-hybridized carbons (Fsp3) is 0. The van der Waals surface area contributed by atoms with Crippen LogP contribution in [0.15, 0.2) is 57.9 Å². The standard InChI is InChI=1S/C12H9BrN2O4S/c13-11-6-1-2-7-12(11)20(18,19)14-9-4-3-5-10(8-9)15(16)17/h1-8,14H. The summed E-state index contributed by atoms with van der Waals surface area (Å²) in [5, 5.41) is 10.7.